The van der Waals surface area contributed by atoms with E-state index in [-0.39, 0.29) is 17.9 Å². The van der Waals surface area contributed by atoms with Gasteiger partial charge in [-0.25, -0.2) is 4.39 Å². The van der Waals surface area contributed by atoms with E-state index in [4.69, 9.17) is 5.73 Å². The van der Waals surface area contributed by atoms with Crippen molar-refractivity contribution in [1.82, 2.24) is 4.90 Å². The Kier molecular flexibility index (Phi) is 5.21. The van der Waals surface area contributed by atoms with Gasteiger partial charge < -0.3 is 11.1 Å². The van der Waals surface area contributed by atoms with Crippen LogP contribution in [0.1, 0.15) is 31.4 Å². The van der Waals surface area contributed by atoms with Crippen LogP contribution in [0, 0.1) is 5.82 Å². The summed E-state index contributed by atoms with van der Waals surface area (Å²) < 4.78 is 14.7. The van der Waals surface area contributed by atoms with Gasteiger partial charge in [-0.15, -0.1) is 0 Å². The molecular formula is C21H26FN3. The van der Waals surface area contributed by atoms with Gasteiger partial charge in [0.25, 0.3) is 0 Å². The molecule has 1 fully saturated rings. The molecule has 1 aliphatic heterocycles. The largest absolute Gasteiger partial charge is 0.356 e. The van der Waals surface area contributed by atoms with Gasteiger partial charge in [0.2, 0.25) is 0 Å². The number of rotatable bonds is 5. The van der Waals surface area contributed by atoms with E-state index in [1.54, 1.807) is 12.1 Å². The number of nitrogens with two attached hydrogens (primary N) is 1. The van der Waals surface area contributed by atoms with Gasteiger partial charge in [-0.05, 0) is 62.2 Å². The normalized spacial score (nSPS) is 19.0. The minimum atomic E-state index is -0.279. The SMILES string of the molecule is C=C(Nc1ccc(-c2ccccc2C(C)N)cc1F)C1CCCN1C. The van der Waals surface area contributed by atoms with Crippen LogP contribution < -0.4 is 11.1 Å². The molecule has 0 bridgehead atoms. The predicted octanol–water partition coefficient (Wildman–Crippen LogP) is 4.53. The molecule has 0 radical (unpaired) electrons. The Morgan fingerprint density at radius 2 is 2.08 bits per heavy atom. The highest BCUT2D eigenvalue weighted by atomic mass is 19.1. The van der Waals surface area contributed by atoms with Crippen molar-refractivity contribution in [2.45, 2.75) is 31.8 Å². The number of hydrogen-bond donors (Lipinski definition) is 2. The van der Waals surface area contributed by atoms with Gasteiger partial charge in [0.05, 0.1) is 5.69 Å². The molecule has 0 saturated carbocycles. The van der Waals surface area contributed by atoms with Crippen LogP contribution in [-0.4, -0.2) is 24.5 Å². The molecule has 1 aliphatic rings. The standard InChI is InChI=1S/C21H26FN3/c1-14(23)17-7-4-5-8-18(17)16-10-11-20(19(22)13-16)24-15(2)21-9-6-12-25(21)3/h4-5,7-8,10-11,13-14,21,24H,2,6,9,12,23H2,1,3H3. The topological polar surface area (TPSA) is 41.3 Å². The smallest absolute Gasteiger partial charge is 0.147 e. The summed E-state index contributed by atoms with van der Waals surface area (Å²) >= 11 is 0. The van der Waals surface area contributed by atoms with Crippen LogP contribution in [0.15, 0.2) is 54.7 Å². The first-order chi connectivity index (χ1) is 12.0. The molecule has 132 valence electrons. The molecule has 0 amide bonds. The molecule has 2 unspecified atom stereocenters. The summed E-state index contributed by atoms with van der Waals surface area (Å²) in [5.74, 6) is -0.279. The zero-order valence-corrected chi connectivity index (χ0v) is 14.9. The van der Waals surface area contributed by atoms with Crippen LogP contribution in [0.25, 0.3) is 11.1 Å². The maximum absolute atomic E-state index is 14.7. The average Bonchev–Trinajstić information content (AvgIpc) is 3.02. The highest BCUT2D eigenvalue weighted by Gasteiger charge is 2.24. The molecule has 2 aromatic carbocycles. The van der Waals surface area contributed by atoms with Crippen LogP contribution in [0.4, 0.5) is 10.1 Å². The molecule has 4 heteroatoms. The van der Waals surface area contributed by atoms with E-state index in [1.165, 1.54) is 0 Å². The molecule has 1 saturated heterocycles. The van der Waals surface area contributed by atoms with Crippen LogP contribution in [-0.2, 0) is 0 Å². The molecule has 1 heterocycles. The number of anilines is 1. The van der Waals surface area contributed by atoms with Crippen LogP contribution in [0.2, 0.25) is 0 Å². The summed E-state index contributed by atoms with van der Waals surface area (Å²) in [5.41, 5.74) is 10.2. The zero-order chi connectivity index (χ0) is 18.0. The van der Waals surface area contributed by atoms with E-state index in [9.17, 15) is 4.39 Å². The molecule has 25 heavy (non-hydrogen) atoms. The number of halogens is 1. The highest BCUT2D eigenvalue weighted by Crippen LogP contribution is 2.31. The third kappa shape index (κ3) is 3.75. The summed E-state index contributed by atoms with van der Waals surface area (Å²) in [6, 6.07) is 13.3. The second-order valence-electron chi connectivity index (χ2n) is 6.86. The molecule has 0 spiro atoms. The molecule has 3 rings (SSSR count). The number of hydrogen-bond acceptors (Lipinski definition) is 3. The lowest BCUT2D eigenvalue weighted by Gasteiger charge is -2.23. The highest BCUT2D eigenvalue weighted by molar-refractivity contribution is 5.70. The summed E-state index contributed by atoms with van der Waals surface area (Å²) in [6.07, 6.45) is 2.21. The Morgan fingerprint density at radius 1 is 1.32 bits per heavy atom. The fraction of sp³-hybridized carbons (Fsp3) is 0.333. The molecular weight excluding hydrogens is 313 g/mol. The molecule has 2 aromatic rings. The van der Waals surface area contributed by atoms with E-state index >= 15 is 0 Å². The van der Waals surface area contributed by atoms with Gasteiger partial charge in [0.15, 0.2) is 0 Å². The van der Waals surface area contributed by atoms with Crippen molar-refractivity contribution in [2.24, 2.45) is 5.73 Å². The fourth-order valence-electron chi connectivity index (χ4n) is 3.55. The first kappa shape index (κ1) is 17.6. The van der Waals surface area contributed by atoms with E-state index in [0.717, 1.165) is 41.8 Å². The summed E-state index contributed by atoms with van der Waals surface area (Å²) in [5, 5.41) is 3.16. The van der Waals surface area contributed by atoms with Gasteiger partial charge in [0, 0.05) is 17.8 Å². The Bertz CT molecular complexity index is 769. The maximum Gasteiger partial charge on any atom is 0.147 e. The van der Waals surface area contributed by atoms with Crippen molar-refractivity contribution < 1.29 is 4.39 Å². The third-order valence-corrected chi connectivity index (χ3v) is 4.95. The number of nitrogens with one attached hydrogen (secondary N) is 1. The van der Waals surface area contributed by atoms with Crippen LogP contribution in [0.5, 0.6) is 0 Å². The lowest BCUT2D eigenvalue weighted by atomic mass is 9.95. The first-order valence-corrected chi connectivity index (χ1v) is 8.78. The molecule has 0 aliphatic carbocycles. The number of likely N-dealkylation sites (N-methyl/N-ethyl adjacent to an activating group) is 1. The second-order valence-corrected chi connectivity index (χ2v) is 6.86. The molecule has 3 nitrogen and oxygen atoms in total. The Balaban J connectivity index is 1.83. The quantitative estimate of drug-likeness (QED) is 0.841. The minimum absolute atomic E-state index is 0.102. The van der Waals surface area contributed by atoms with Gasteiger partial charge in [-0.2, -0.15) is 0 Å². The maximum atomic E-state index is 14.7. The van der Waals surface area contributed by atoms with Crippen LogP contribution in [0.3, 0.4) is 0 Å². The van der Waals surface area contributed by atoms with Crippen molar-refractivity contribution in [2.75, 3.05) is 18.9 Å². The second kappa shape index (κ2) is 7.38. The fourth-order valence-corrected chi connectivity index (χ4v) is 3.55. The lowest BCUT2D eigenvalue weighted by Crippen LogP contribution is -2.29. The predicted molar refractivity (Wildman–Crippen MR) is 103 cm³/mol. The summed E-state index contributed by atoms with van der Waals surface area (Å²) in [6.45, 7) is 7.10. The number of nitrogens with zero attached hydrogens (tertiary/aromatic N) is 1. The van der Waals surface area contributed by atoms with E-state index in [2.05, 4.69) is 23.8 Å². The van der Waals surface area contributed by atoms with Gasteiger partial charge in [-0.1, -0.05) is 36.9 Å². The van der Waals surface area contributed by atoms with Crippen molar-refractivity contribution in [3.8, 4) is 11.1 Å². The molecule has 3 N–H and O–H groups in total. The van der Waals surface area contributed by atoms with E-state index in [0.29, 0.717) is 5.69 Å². The van der Waals surface area contributed by atoms with Crippen molar-refractivity contribution in [1.29, 1.82) is 0 Å². The monoisotopic (exact) mass is 339 g/mol. The number of likely N-dealkylation sites (tertiary alicyclic amines) is 1. The van der Waals surface area contributed by atoms with Gasteiger partial charge >= 0.3 is 0 Å². The molecule has 2 atom stereocenters. The van der Waals surface area contributed by atoms with E-state index < -0.39 is 0 Å². The Morgan fingerprint density at radius 3 is 2.72 bits per heavy atom. The Hall–Kier alpha value is -2.17. The van der Waals surface area contributed by atoms with E-state index in [1.807, 2.05) is 37.3 Å². The lowest BCUT2D eigenvalue weighted by molar-refractivity contribution is 0.346. The minimum Gasteiger partial charge on any atom is -0.356 e. The van der Waals surface area contributed by atoms with Crippen molar-refractivity contribution in [3.05, 3.63) is 66.1 Å². The summed E-state index contributed by atoms with van der Waals surface area (Å²) in [4.78, 5) is 2.25. The van der Waals surface area contributed by atoms with Gasteiger partial charge in [0.1, 0.15) is 5.82 Å². The summed E-state index contributed by atoms with van der Waals surface area (Å²) in [7, 11) is 2.08. The first-order valence-electron chi connectivity index (χ1n) is 8.78. The van der Waals surface area contributed by atoms with Crippen LogP contribution >= 0.6 is 0 Å². The number of benzene rings is 2. The molecule has 0 aromatic heterocycles. The van der Waals surface area contributed by atoms with Crippen molar-refractivity contribution in [3.63, 3.8) is 0 Å². The average molecular weight is 339 g/mol. The third-order valence-electron chi connectivity index (χ3n) is 4.95. The zero-order valence-electron chi connectivity index (χ0n) is 14.9. The Labute approximate surface area is 149 Å². The van der Waals surface area contributed by atoms with Crippen molar-refractivity contribution >= 4 is 5.69 Å². The van der Waals surface area contributed by atoms with Gasteiger partial charge in [-0.3, -0.25) is 4.90 Å².